The van der Waals surface area contributed by atoms with Crippen molar-refractivity contribution in [2.75, 3.05) is 6.79 Å². The van der Waals surface area contributed by atoms with E-state index in [2.05, 4.69) is 27.7 Å². The summed E-state index contributed by atoms with van der Waals surface area (Å²) in [6.45, 7) is 8.78. The summed E-state index contributed by atoms with van der Waals surface area (Å²) in [4.78, 5) is 28.3. The second-order valence-corrected chi connectivity index (χ2v) is 10.5. The summed E-state index contributed by atoms with van der Waals surface area (Å²) in [7, 11) is 0. The van der Waals surface area contributed by atoms with Crippen molar-refractivity contribution in [2.24, 2.45) is 0 Å². The first-order valence-electron chi connectivity index (χ1n) is 12.5. The fourth-order valence-corrected chi connectivity index (χ4v) is 4.84. The Morgan fingerprint density at radius 1 is 0.919 bits per heavy atom. The van der Waals surface area contributed by atoms with Crippen LogP contribution in [0.5, 0.6) is 11.5 Å². The molecule has 6 nitrogen and oxygen atoms in total. The topological polar surface area (TPSA) is 76.1 Å². The number of Topliss-reactive ketones (excluding diaryl/α,β-unsaturated/α-hetero) is 1. The Hall–Kier alpha value is -4.06. The zero-order valence-electron chi connectivity index (χ0n) is 21.6. The molecule has 0 radical (unpaired) electrons. The fourth-order valence-electron chi connectivity index (χ4n) is 4.84. The smallest absolute Gasteiger partial charge is 0.295 e. The Labute approximate surface area is 217 Å². The van der Waals surface area contributed by atoms with Crippen LogP contribution in [-0.4, -0.2) is 28.5 Å². The van der Waals surface area contributed by atoms with E-state index in [9.17, 15) is 14.7 Å². The predicted octanol–water partition coefficient (Wildman–Crippen LogP) is 5.90. The highest BCUT2D eigenvalue weighted by Gasteiger charge is 2.46. The van der Waals surface area contributed by atoms with Crippen LogP contribution < -0.4 is 9.47 Å². The summed E-state index contributed by atoms with van der Waals surface area (Å²) in [5.41, 5.74) is 4.38. The van der Waals surface area contributed by atoms with Gasteiger partial charge in [0.25, 0.3) is 11.7 Å². The summed E-state index contributed by atoms with van der Waals surface area (Å²) >= 11 is 0. The molecule has 3 aromatic carbocycles. The van der Waals surface area contributed by atoms with Crippen molar-refractivity contribution in [3.05, 3.63) is 100 Å². The van der Waals surface area contributed by atoms with Crippen LogP contribution >= 0.6 is 0 Å². The number of nitrogens with zero attached hydrogens (tertiary/aromatic N) is 1. The molecular formula is C31H31NO5. The van der Waals surface area contributed by atoms with Crippen LogP contribution in [0.25, 0.3) is 5.76 Å². The molecule has 1 amide bonds. The number of aryl methyl sites for hydroxylation is 1. The number of rotatable bonds is 5. The molecule has 0 bridgehead atoms. The number of likely N-dealkylation sites (tertiary alicyclic amines) is 1. The first-order chi connectivity index (χ1) is 17.7. The van der Waals surface area contributed by atoms with Gasteiger partial charge in [-0.1, -0.05) is 82.3 Å². The number of ether oxygens (including phenoxy) is 2. The largest absolute Gasteiger partial charge is 0.507 e. The number of aliphatic hydroxyl groups excluding tert-OH is 1. The number of aliphatic hydroxyl groups is 1. The van der Waals surface area contributed by atoms with Gasteiger partial charge in [0.2, 0.25) is 6.79 Å². The second-order valence-electron chi connectivity index (χ2n) is 10.5. The van der Waals surface area contributed by atoms with Gasteiger partial charge in [-0.25, -0.2) is 0 Å². The van der Waals surface area contributed by atoms with E-state index in [0.717, 1.165) is 28.7 Å². The van der Waals surface area contributed by atoms with E-state index in [4.69, 9.17) is 9.47 Å². The van der Waals surface area contributed by atoms with Crippen LogP contribution in [0.3, 0.4) is 0 Å². The molecule has 1 N–H and O–H groups in total. The molecule has 1 saturated heterocycles. The highest BCUT2D eigenvalue weighted by molar-refractivity contribution is 6.46. The Morgan fingerprint density at radius 2 is 1.57 bits per heavy atom. The molecular weight excluding hydrogens is 466 g/mol. The molecule has 0 saturated carbocycles. The highest BCUT2D eigenvalue weighted by Crippen LogP contribution is 2.42. The average Bonchev–Trinajstić information content (AvgIpc) is 3.46. The molecule has 0 aromatic heterocycles. The van der Waals surface area contributed by atoms with Crippen LogP contribution in [0.15, 0.2) is 72.3 Å². The minimum Gasteiger partial charge on any atom is -0.507 e. The van der Waals surface area contributed by atoms with Crippen LogP contribution in [0.4, 0.5) is 0 Å². The van der Waals surface area contributed by atoms with Crippen molar-refractivity contribution < 1.29 is 24.2 Å². The molecule has 190 valence electrons. The number of amides is 1. The first kappa shape index (κ1) is 24.6. The van der Waals surface area contributed by atoms with Crippen molar-refractivity contribution in [3.63, 3.8) is 0 Å². The number of hydrogen-bond donors (Lipinski definition) is 1. The van der Waals surface area contributed by atoms with Gasteiger partial charge < -0.3 is 19.5 Å². The lowest BCUT2D eigenvalue weighted by Gasteiger charge is -2.26. The van der Waals surface area contributed by atoms with Gasteiger partial charge in [0.05, 0.1) is 11.6 Å². The third-order valence-electron chi connectivity index (χ3n) is 7.06. The Bertz CT molecular complexity index is 1380. The van der Waals surface area contributed by atoms with Gasteiger partial charge in [-0.3, -0.25) is 9.59 Å². The monoisotopic (exact) mass is 497 g/mol. The summed E-state index contributed by atoms with van der Waals surface area (Å²) in [5.74, 6) is -0.247. The summed E-state index contributed by atoms with van der Waals surface area (Å²) in [6.07, 6.45) is 0.862. The van der Waals surface area contributed by atoms with Crippen LogP contribution in [0.1, 0.15) is 61.6 Å². The molecule has 3 aromatic rings. The molecule has 1 unspecified atom stereocenters. The Kier molecular flexibility index (Phi) is 6.28. The van der Waals surface area contributed by atoms with Crippen LogP contribution in [-0.2, 0) is 28.0 Å². The molecule has 2 aliphatic rings. The zero-order valence-corrected chi connectivity index (χ0v) is 21.6. The molecule has 37 heavy (non-hydrogen) atoms. The Morgan fingerprint density at radius 3 is 2.22 bits per heavy atom. The minimum absolute atomic E-state index is 0.0478. The number of fused-ring (bicyclic) bond motifs is 1. The first-order valence-corrected chi connectivity index (χ1v) is 12.5. The van der Waals surface area contributed by atoms with Crippen molar-refractivity contribution in [3.8, 4) is 11.5 Å². The van der Waals surface area contributed by atoms with Gasteiger partial charge in [-0.2, -0.15) is 0 Å². The molecule has 1 fully saturated rings. The van der Waals surface area contributed by atoms with Crippen molar-refractivity contribution >= 4 is 17.4 Å². The lowest BCUT2D eigenvalue weighted by molar-refractivity contribution is -0.140. The van der Waals surface area contributed by atoms with Gasteiger partial charge in [0.15, 0.2) is 11.5 Å². The van der Waals surface area contributed by atoms with E-state index >= 15 is 0 Å². The fraction of sp³-hybridized carbons (Fsp3) is 0.290. The summed E-state index contributed by atoms with van der Waals surface area (Å²) in [6, 6.07) is 20.1. The van der Waals surface area contributed by atoms with E-state index < -0.39 is 17.7 Å². The number of carbonyl (C=O) groups is 2. The Balaban J connectivity index is 1.60. The quantitative estimate of drug-likeness (QED) is 0.270. The standard InChI is InChI=1S/C31H31NO5/c1-5-19-6-9-22(10-7-19)28(33)26-27(21-11-13-23(14-12-21)31(2,3)4)32(30(35)29(26)34)17-20-8-15-24-25(16-20)37-18-36-24/h6-16,27,33H,5,17-18H2,1-4H3/b28-26+. The number of benzene rings is 3. The van der Waals surface area contributed by atoms with Crippen LogP contribution in [0.2, 0.25) is 0 Å². The SMILES string of the molecule is CCc1ccc(/C(O)=C2\C(=O)C(=O)N(Cc3ccc4c(c3)OCO4)C2c2ccc(C(C)(C)C)cc2)cc1. The zero-order chi connectivity index (χ0) is 26.3. The highest BCUT2D eigenvalue weighted by atomic mass is 16.7. The molecule has 6 heteroatoms. The minimum atomic E-state index is -0.731. The van der Waals surface area contributed by atoms with Gasteiger partial charge in [-0.15, -0.1) is 0 Å². The van der Waals surface area contributed by atoms with Crippen molar-refractivity contribution in [1.29, 1.82) is 0 Å². The number of carbonyl (C=O) groups excluding carboxylic acids is 2. The molecule has 5 rings (SSSR count). The molecule has 2 heterocycles. The van der Waals surface area contributed by atoms with E-state index in [-0.39, 0.29) is 30.1 Å². The van der Waals surface area contributed by atoms with Crippen molar-refractivity contribution in [1.82, 2.24) is 4.90 Å². The number of hydrogen-bond acceptors (Lipinski definition) is 5. The summed E-state index contributed by atoms with van der Waals surface area (Å²) < 4.78 is 10.9. The van der Waals surface area contributed by atoms with E-state index in [0.29, 0.717) is 17.1 Å². The average molecular weight is 498 g/mol. The van der Waals surface area contributed by atoms with E-state index in [1.165, 1.54) is 4.90 Å². The lowest BCUT2D eigenvalue weighted by Crippen LogP contribution is -2.29. The molecule has 0 spiro atoms. The van der Waals surface area contributed by atoms with E-state index in [1.54, 1.807) is 18.2 Å². The second kappa shape index (κ2) is 9.43. The van der Waals surface area contributed by atoms with Gasteiger partial charge >= 0.3 is 0 Å². The third-order valence-corrected chi connectivity index (χ3v) is 7.06. The van der Waals surface area contributed by atoms with E-state index in [1.807, 2.05) is 48.5 Å². The lowest BCUT2D eigenvalue weighted by atomic mass is 9.85. The van der Waals surface area contributed by atoms with Gasteiger partial charge in [0, 0.05) is 12.1 Å². The summed E-state index contributed by atoms with van der Waals surface area (Å²) in [5, 5.41) is 11.3. The normalized spacial score (nSPS) is 18.5. The molecule has 0 aliphatic carbocycles. The maximum absolute atomic E-state index is 13.4. The molecule has 1 atom stereocenters. The maximum atomic E-state index is 13.4. The van der Waals surface area contributed by atoms with Crippen LogP contribution in [0, 0.1) is 0 Å². The van der Waals surface area contributed by atoms with Gasteiger partial charge in [-0.05, 0) is 46.2 Å². The predicted molar refractivity (Wildman–Crippen MR) is 141 cm³/mol. The molecule has 2 aliphatic heterocycles. The third kappa shape index (κ3) is 4.59. The maximum Gasteiger partial charge on any atom is 0.295 e. The van der Waals surface area contributed by atoms with Crippen molar-refractivity contribution in [2.45, 2.75) is 52.1 Å². The number of ketones is 1. The van der Waals surface area contributed by atoms with Gasteiger partial charge in [0.1, 0.15) is 5.76 Å².